The summed E-state index contributed by atoms with van der Waals surface area (Å²) < 4.78 is 0. The Morgan fingerprint density at radius 1 is 1.00 bits per heavy atom. The van der Waals surface area contributed by atoms with Gasteiger partial charge in [0.05, 0.1) is 0 Å². The zero-order valence-corrected chi connectivity index (χ0v) is 7.33. The number of fused-ring (bicyclic) bond motifs is 1. The predicted octanol–water partition coefficient (Wildman–Crippen LogP) is 2.77. The van der Waals surface area contributed by atoms with Crippen molar-refractivity contribution in [2.24, 2.45) is 5.73 Å². The number of nitrogens with two attached hydrogens (primary N) is 1. The molecule has 0 spiro atoms. The Balaban J connectivity index is 2.83. The van der Waals surface area contributed by atoms with Gasteiger partial charge in [0.15, 0.2) is 0 Å². The molecule has 13 heavy (non-hydrogen) atoms. The van der Waals surface area contributed by atoms with Crippen molar-refractivity contribution in [1.82, 2.24) is 0 Å². The van der Waals surface area contributed by atoms with E-state index < -0.39 is 0 Å². The summed E-state index contributed by atoms with van der Waals surface area (Å²) in [6.45, 7) is 3.75. The van der Waals surface area contributed by atoms with E-state index in [0.29, 0.717) is 5.70 Å². The fraction of sp³-hybridized carbons (Fsp3) is 0. The Hall–Kier alpha value is -1.76. The highest BCUT2D eigenvalue weighted by Crippen LogP contribution is 2.21. The van der Waals surface area contributed by atoms with Crippen molar-refractivity contribution < 1.29 is 0 Å². The van der Waals surface area contributed by atoms with Crippen LogP contribution in [0.15, 0.2) is 49.0 Å². The first-order valence-corrected chi connectivity index (χ1v) is 4.21. The lowest BCUT2D eigenvalue weighted by Gasteiger charge is -2.04. The zero-order chi connectivity index (χ0) is 9.26. The Bertz CT molecular complexity index is 452. The van der Waals surface area contributed by atoms with Gasteiger partial charge >= 0.3 is 0 Å². The van der Waals surface area contributed by atoms with Gasteiger partial charge in [-0.1, -0.05) is 49.0 Å². The third kappa shape index (κ3) is 1.29. The molecule has 2 N–H and O–H groups in total. The fourth-order valence-electron chi connectivity index (χ4n) is 1.51. The van der Waals surface area contributed by atoms with Crippen molar-refractivity contribution in [3.8, 4) is 0 Å². The van der Waals surface area contributed by atoms with E-state index in [1.54, 1.807) is 0 Å². The van der Waals surface area contributed by atoms with Gasteiger partial charge in [-0.15, -0.1) is 0 Å². The third-order valence-corrected chi connectivity index (χ3v) is 2.14. The van der Waals surface area contributed by atoms with Gasteiger partial charge in [0.1, 0.15) is 0 Å². The molecule has 2 rings (SSSR count). The Morgan fingerprint density at radius 2 is 1.69 bits per heavy atom. The van der Waals surface area contributed by atoms with Crippen LogP contribution >= 0.6 is 0 Å². The molecule has 0 fully saturated rings. The minimum Gasteiger partial charge on any atom is -0.399 e. The molecule has 0 aliphatic rings. The van der Waals surface area contributed by atoms with E-state index in [1.165, 1.54) is 5.39 Å². The summed E-state index contributed by atoms with van der Waals surface area (Å²) in [6, 6.07) is 14.2. The number of hydrogen-bond acceptors (Lipinski definition) is 1. The van der Waals surface area contributed by atoms with E-state index >= 15 is 0 Å². The van der Waals surface area contributed by atoms with Crippen molar-refractivity contribution in [2.75, 3.05) is 0 Å². The van der Waals surface area contributed by atoms with E-state index in [0.717, 1.165) is 10.9 Å². The van der Waals surface area contributed by atoms with E-state index in [2.05, 4.69) is 24.8 Å². The van der Waals surface area contributed by atoms with Crippen LogP contribution in [0.5, 0.6) is 0 Å². The molecule has 0 radical (unpaired) electrons. The standard InChI is InChI=1S/C12H11N/c1-9(13)11-8-4-6-10-5-2-3-7-12(10)11/h2-8H,1,13H2. The molecule has 64 valence electrons. The summed E-state index contributed by atoms with van der Waals surface area (Å²) in [5, 5.41) is 2.36. The second-order valence-electron chi connectivity index (χ2n) is 3.05. The molecule has 1 nitrogen and oxygen atoms in total. The molecular weight excluding hydrogens is 158 g/mol. The molecular formula is C12H11N. The highest BCUT2D eigenvalue weighted by Gasteiger charge is 1.99. The Kier molecular flexibility index (Phi) is 1.78. The minimum atomic E-state index is 0.622. The molecule has 0 aliphatic heterocycles. The van der Waals surface area contributed by atoms with Crippen LogP contribution in [0.2, 0.25) is 0 Å². The maximum atomic E-state index is 5.69. The number of hydrogen-bond donors (Lipinski definition) is 1. The fourth-order valence-corrected chi connectivity index (χ4v) is 1.51. The summed E-state index contributed by atoms with van der Waals surface area (Å²) >= 11 is 0. The van der Waals surface area contributed by atoms with Crippen molar-refractivity contribution >= 4 is 16.5 Å². The monoisotopic (exact) mass is 169 g/mol. The van der Waals surface area contributed by atoms with E-state index in [1.807, 2.05) is 24.3 Å². The maximum Gasteiger partial charge on any atom is 0.0320 e. The lowest BCUT2D eigenvalue weighted by molar-refractivity contribution is 1.57. The van der Waals surface area contributed by atoms with Crippen LogP contribution < -0.4 is 5.73 Å². The maximum absolute atomic E-state index is 5.69. The summed E-state index contributed by atoms with van der Waals surface area (Å²) in [6.07, 6.45) is 0. The topological polar surface area (TPSA) is 26.0 Å². The van der Waals surface area contributed by atoms with Crippen molar-refractivity contribution in [1.29, 1.82) is 0 Å². The van der Waals surface area contributed by atoms with Crippen LogP contribution in [0, 0.1) is 0 Å². The first-order valence-electron chi connectivity index (χ1n) is 4.21. The molecule has 0 amide bonds. The van der Waals surface area contributed by atoms with Gasteiger partial charge in [-0.2, -0.15) is 0 Å². The van der Waals surface area contributed by atoms with Crippen LogP contribution in [-0.4, -0.2) is 0 Å². The summed E-state index contributed by atoms with van der Waals surface area (Å²) in [5.74, 6) is 0. The average molecular weight is 169 g/mol. The average Bonchev–Trinajstić information content (AvgIpc) is 2.17. The molecule has 0 unspecified atom stereocenters. The lowest BCUT2D eigenvalue weighted by atomic mass is 10.0. The second-order valence-corrected chi connectivity index (χ2v) is 3.05. The second kappa shape index (κ2) is 2.94. The highest BCUT2D eigenvalue weighted by molar-refractivity contribution is 5.92. The quantitative estimate of drug-likeness (QED) is 0.698. The number of benzene rings is 2. The zero-order valence-electron chi connectivity index (χ0n) is 7.33. The first kappa shape index (κ1) is 7.87. The Morgan fingerprint density at radius 3 is 2.46 bits per heavy atom. The summed E-state index contributed by atoms with van der Waals surface area (Å²) in [5.41, 5.74) is 7.33. The molecule has 1 heteroatoms. The van der Waals surface area contributed by atoms with Gasteiger partial charge in [0.2, 0.25) is 0 Å². The Labute approximate surface area is 77.5 Å². The van der Waals surface area contributed by atoms with E-state index in [-0.39, 0.29) is 0 Å². The lowest BCUT2D eigenvalue weighted by Crippen LogP contribution is -1.94. The normalized spacial score (nSPS) is 10.2. The molecule has 0 bridgehead atoms. The molecule has 0 atom stereocenters. The molecule has 2 aromatic rings. The molecule has 0 saturated heterocycles. The largest absolute Gasteiger partial charge is 0.399 e. The molecule has 0 aliphatic carbocycles. The summed E-state index contributed by atoms with van der Waals surface area (Å²) in [7, 11) is 0. The predicted molar refractivity (Wildman–Crippen MR) is 57.2 cm³/mol. The van der Waals surface area contributed by atoms with Gasteiger partial charge in [0.25, 0.3) is 0 Å². The molecule has 0 heterocycles. The van der Waals surface area contributed by atoms with Gasteiger partial charge < -0.3 is 5.73 Å². The summed E-state index contributed by atoms with van der Waals surface area (Å²) in [4.78, 5) is 0. The van der Waals surface area contributed by atoms with Crippen LogP contribution in [0.3, 0.4) is 0 Å². The smallest absolute Gasteiger partial charge is 0.0320 e. The first-order chi connectivity index (χ1) is 6.29. The van der Waals surface area contributed by atoms with Gasteiger partial charge in [-0.05, 0) is 10.8 Å². The van der Waals surface area contributed by atoms with Crippen molar-refractivity contribution in [3.05, 3.63) is 54.6 Å². The third-order valence-electron chi connectivity index (χ3n) is 2.14. The van der Waals surface area contributed by atoms with E-state index in [4.69, 9.17) is 5.73 Å². The minimum absolute atomic E-state index is 0.622. The number of rotatable bonds is 1. The SMILES string of the molecule is C=C(N)c1cccc2ccccc12. The van der Waals surface area contributed by atoms with Crippen molar-refractivity contribution in [2.45, 2.75) is 0 Å². The molecule has 0 aromatic heterocycles. The molecule has 0 saturated carbocycles. The van der Waals surface area contributed by atoms with E-state index in [9.17, 15) is 0 Å². The van der Waals surface area contributed by atoms with Gasteiger partial charge in [-0.3, -0.25) is 0 Å². The van der Waals surface area contributed by atoms with Crippen LogP contribution in [0.1, 0.15) is 5.56 Å². The van der Waals surface area contributed by atoms with Gasteiger partial charge in [-0.25, -0.2) is 0 Å². The van der Waals surface area contributed by atoms with Crippen molar-refractivity contribution in [3.63, 3.8) is 0 Å². The van der Waals surface area contributed by atoms with Crippen LogP contribution in [0.25, 0.3) is 16.5 Å². The highest BCUT2D eigenvalue weighted by atomic mass is 14.6. The van der Waals surface area contributed by atoms with Crippen LogP contribution in [0.4, 0.5) is 0 Å². The molecule has 2 aromatic carbocycles. The van der Waals surface area contributed by atoms with Gasteiger partial charge in [0, 0.05) is 11.3 Å². The van der Waals surface area contributed by atoms with Crippen LogP contribution in [-0.2, 0) is 0 Å².